The number of rotatable bonds is 0. The van der Waals surface area contributed by atoms with Crippen LogP contribution in [-0.2, 0) is 7.05 Å². The van der Waals surface area contributed by atoms with E-state index in [9.17, 15) is 0 Å². The molecule has 0 unspecified atom stereocenters. The Labute approximate surface area is 90.0 Å². The zero-order valence-electron chi connectivity index (χ0n) is 6.68. The van der Waals surface area contributed by atoms with Crippen molar-refractivity contribution in [2.75, 3.05) is 0 Å². The Bertz CT molecular complexity index is 476. The lowest BCUT2D eigenvalue weighted by Gasteiger charge is -1.98. The summed E-state index contributed by atoms with van der Waals surface area (Å²) in [5.41, 5.74) is 1.40. The number of benzene rings is 1. The average molecular weight is 236 g/mol. The number of halogens is 3. The zero-order chi connectivity index (χ0) is 9.59. The number of aryl methyl sites for hydroxylation is 1. The molecule has 0 spiro atoms. The molecule has 0 aliphatic heterocycles. The van der Waals surface area contributed by atoms with Crippen LogP contribution < -0.4 is 0 Å². The topological polar surface area (TPSA) is 17.8 Å². The van der Waals surface area contributed by atoms with E-state index in [1.54, 1.807) is 23.7 Å². The van der Waals surface area contributed by atoms with Crippen LogP contribution in [0.3, 0.4) is 0 Å². The van der Waals surface area contributed by atoms with Crippen molar-refractivity contribution in [1.82, 2.24) is 9.55 Å². The van der Waals surface area contributed by atoms with Crippen LogP contribution in [0, 0.1) is 0 Å². The van der Waals surface area contributed by atoms with Gasteiger partial charge in [-0.1, -0.05) is 23.2 Å². The number of imidazole rings is 1. The molecular formula is C8H5Cl3N2. The fourth-order valence-electron chi connectivity index (χ4n) is 1.22. The van der Waals surface area contributed by atoms with Gasteiger partial charge in [0.1, 0.15) is 5.52 Å². The molecule has 5 heteroatoms. The molecule has 1 heterocycles. The first kappa shape index (κ1) is 9.13. The first-order valence-electron chi connectivity index (χ1n) is 3.57. The van der Waals surface area contributed by atoms with Gasteiger partial charge >= 0.3 is 0 Å². The molecule has 2 rings (SSSR count). The quantitative estimate of drug-likeness (QED) is 0.683. The van der Waals surface area contributed by atoms with Gasteiger partial charge in [-0.25, -0.2) is 4.98 Å². The predicted octanol–water partition coefficient (Wildman–Crippen LogP) is 3.53. The third kappa shape index (κ3) is 1.30. The van der Waals surface area contributed by atoms with Crippen molar-refractivity contribution in [3.05, 3.63) is 27.5 Å². The van der Waals surface area contributed by atoms with Gasteiger partial charge in [0.25, 0.3) is 0 Å². The molecule has 0 amide bonds. The second kappa shape index (κ2) is 3.05. The second-order valence-corrected chi connectivity index (χ2v) is 3.82. The van der Waals surface area contributed by atoms with Crippen LogP contribution in [0.5, 0.6) is 0 Å². The highest BCUT2D eigenvalue weighted by molar-refractivity contribution is 6.40. The van der Waals surface area contributed by atoms with Crippen LogP contribution >= 0.6 is 34.8 Å². The van der Waals surface area contributed by atoms with Gasteiger partial charge in [0, 0.05) is 7.05 Å². The first-order valence-corrected chi connectivity index (χ1v) is 4.70. The molecule has 0 atom stereocenters. The van der Waals surface area contributed by atoms with Crippen LogP contribution in [0.15, 0.2) is 12.1 Å². The number of fused-ring (bicyclic) bond motifs is 1. The average Bonchev–Trinajstić information content (AvgIpc) is 2.38. The summed E-state index contributed by atoms with van der Waals surface area (Å²) in [5.74, 6) is 0. The van der Waals surface area contributed by atoms with Crippen LogP contribution in [-0.4, -0.2) is 9.55 Å². The smallest absolute Gasteiger partial charge is 0.203 e. The highest BCUT2D eigenvalue weighted by Crippen LogP contribution is 2.30. The van der Waals surface area contributed by atoms with Crippen molar-refractivity contribution < 1.29 is 0 Å². The molecule has 0 N–H and O–H groups in total. The largest absolute Gasteiger partial charge is 0.316 e. The lowest BCUT2D eigenvalue weighted by atomic mass is 10.3. The maximum absolute atomic E-state index is 5.97. The summed E-state index contributed by atoms with van der Waals surface area (Å²) < 4.78 is 1.70. The van der Waals surface area contributed by atoms with Crippen LogP contribution in [0.4, 0.5) is 0 Å². The Morgan fingerprint density at radius 1 is 1.15 bits per heavy atom. The molecule has 0 aliphatic rings. The molecule has 0 bridgehead atoms. The molecule has 1 aromatic carbocycles. The third-order valence-electron chi connectivity index (χ3n) is 1.87. The van der Waals surface area contributed by atoms with E-state index < -0.39 is 0 Å². The summed E-state index contributed by atoms with van der Waals surface area (Å²) in [6.45, 7) is 0. The minimum atomic E-state index is 0.380. The lowest BCUT2D eigenvalue weighted by molar-refractivity contribution is 0.949. The van der Waals surface area contributed by atoms with Gasteiger partial charge in [-0.2, -0.15) is 0 Å². The van der Waals surface area contributed by atoms with E-state index in [2.05, 4.69) is 4.98 Å². The molecule has 2 aromatic rings. The molecule has 2 nitrogen and oxygen atoms in total. The first-order chi connectivity index (χ1) is 6.11. The van der Waals surface area contributed by atoms with Gasteiger partial charge in [0.05, 0.1) is 15.6 Å². The summed E-state index contributed by atoms with van der Waals surface area (Å²) >= 11 is 17.7. The molecular weight excluding hydrogens is 230 g/mol. The van der Waals surface area contributed by atoms with Gasteiger partial charge in [-0.05, 0) is 23.7 Å². The van der Waals surface area contributed by atoms with Gasteiger partial charge in [-0.3, -0.25) is 0 Å². The van der Waals surface area contributed by atoms with Gasteiger partial charge < -0.3 is 4.57 Å². The maximum Gasteiger partial charge on any atom is 0.203 e. The SMILES string of the molecule is Cn1c(Cl)nc2c(Cl)ccc(Cl)c21. The molecule has 68 valence electrons. The fourth-order valence-corrected chi connectivity index (χ4v) is 1.86. The lowest BCUT2D eigenvalue weighted by Crippen LogP contribution is -1.87. The Morgan fingerprint density at radius 3 is 2.38 bits per heavy atom. The predicted molar refractivity (Wildman–Crippen MR) is 55.7 cm³/mol. The highest BCUT2D eigenvalue weighted by atomic mass is 35.5. The van der Waals surface area contributed by atoms with E-state index in [-0.39, 0.29) is 0 Å². The normalized spacial score (nSPS) is 11.1. The maximum atomic E-state index is 5.97. The number of aromatic nitrogens is 2. The Balaban J connectivity index is 3.00. The minimum Gasteiger partial charge on any atom is -0.316 e. The van der Waals surface area contributed by atoms with Crippen LogP contribution in [0.1, 0.15) is 0 Å². The van der Waals surface area contributed by atoms with Crippen molar-refractivity contribution in [2.45, 2.75) is 0 Å². The van der Waals surface area contributed by atoms with Crippen molar-refractivity contribution >= 4 is 45.8 Å². The number of hydrogen-bond donors (Lipinski definition) is 0. The zero-order valence-corrected chi connectivity index (χ0v) is 8.95. The second-order valence-electron chi connectivity index (χ2n) is 2.67. The number of nitrogens with zero attached hydrogens (tertiary/aromatic N) is 2. The van der Waals surface area contributed by atoms with E-state index >= 15 is 0 Å². The van der Waals surface area contributed by atoms with E-state index in [1.165, 1.54) is 0 Å². The van der Waals surface area contributed by atoms with Crippen molar-refractivity contribution in [2.24, 2.45) is 7.05 Å². The number of hydrogen-bond acceptors (Lipinski definition) is 1. The van der Waals surface area contributed by atoms with E-state index in [0.29, 0.717) is 20.8 Å². The summed E-state index contributed by atoms with van der Waals surface area (Å²) in [6, 6.07) is 3.43. The standard InChI is InChI=1S/C8H5Cl3N2/c1-13-7-5(10)3-2-4(9)6(7)12-8(13)11/h2-3H,1H3. The van der Waals surface area contributed by atoms with E-state index in [4.69, 9.17) is 34.8 Å². The van der Waals surface area contributed by atoms with Crippen LogP contribution in [0.25, 0.3) is 11.0 Å². The van der Waals surface area contributed by atoms with Crippen molar-refractivity contribution in [3.8, 4) is 0 Å². The monoisotopic (exact) mass is 234 g/mol. The summed E-state index contributed by atoms with van der Waals surface area (Å²) in [5, 5.41) is 1.54. The van der Waals surface area contributed by atoms with E-state index in [0.717, 1.165) is 5.52 Å². The molecule has 0 fully saturated rings. The van der Waals surface area contributed by atoms with Gasteiger partial charge in [0.15, 0.2) is 0 Å². The summed E-state index contributed by atoms with van der Waals surface area (Å²) in [7, 11) is 1.79. The van der Waals surface area contributed by atoms with Gasteiger partial charge in [-0.15, -0.1) is 0 Å². The third-order valence-corrected chi connectivity index (χ3v) is 2.82. The molecule has 0 saturated heterocycles. The van der Waals surface area contributed by atoms with Crippen molar-refractivity contribution in [1.29, 1.82) is 0 Å². The molecule has 0 saturated carbocycles. The molecule has 0 aliphatic carbocycles. The summed E-state index contributed by atoms with van der Waals surface area (Å²) in [6.07, 6.45) is 0. The Morgan fingerprint density at radius 2 is 1.77 bits per heavy atom. The van der Waals surface area contributed by atoms with Crippen molar-refractivity contribution in [3.63, 3.8) is 0 Å². The van der Waals surface area contributed by atoms with Crippen LogP contribution in [0.2, 0.25) is 15.3 Å². The van der Waals surface area contributed by atoms with Gasteiger partial charge in [0.2, 0.25) is 5.28 Å². The molecule has 0 radical (unpaired) electrons. The molecule has 1 aromatic heterocycles. The van der Waals surface area contributed by atoms with E-state index in [1.807, 2.05) is 0 Å². The highest BCUT2D eigenvalue weighted by Gasteiger charge is 2.11. The Hall–Kier alpha value is -0.440. The minimum absolute atomic E-state index is 0.380. The fraction of sp³-hybridized carbons (Fsp3) is 0.125. The summed E-state index contributed by atoms with van der Waals surface area (Å²) in [4.78, 5) is 4.09. The molecule has 13 heavy (non-hydrogen) atoms. The Kier molecular flexibility index (Phi) is 2.14.